The maximum absolute atomic E-state index is 11.5. The van der Waals surface area contributed by atoms with E-state index in [0.29, 0.717) is 10.8 Å². The minimum Gasteiger partial charge on any atom is -0.375 e. The summed E-state index contributed by atoms with van der Waals surface area (Å²) in [6.45, 7) is 6.82. The largest absolute Gasteiger partial charge is 0.375 e. The fourth-order valence-corrected chi connectivity index (χ4v) is 3.41. The number of nitrogens with one attached hydrogen (secondary N) is 1. The molecule has 2 rings (SSSR count). The Hall–Kier alpha value is -0.910. The van der Waals surface area contributed by atoms with Crippen molar-refractivity contribution >= 4 is 9.84 Å². The van der Waals surface area contributed by atoms with Gasteiger partial charge in [-0.3, -0.25) is 0 Å². The molecule has 1 aliphatic rings. The van der Waals surface area contributed by atoms with E-state index in [2.05, 4.69) is 19.2 Å². The van der Waals surface area contributed by atoms with E-state index in [9.17, 15) is 8.42 Å². The van der Waals surface area contributed by atoms with Crippen molar-refractivity contribution in [2.75, 3.05) is 26.0 Å². The minimum atomic E-state index is -3.13. The highest BCUT2D eigenvalue weighted by Crippen LogP contribution is 2.31. The maximum Gasteiger partial charge on any atom is 0.175 e. The zero-order chi connectivity index (χ0) is 14.8. The van der Waals surface area contributed by atoms with Gasteiger partial charge in [0.15, 0.2) is 9.84 Å². The summed E-state index contributed by atoms with van der Waals surface area (Å²) in [7, 11) is -3.13. The molecule has 20 heavy (non-hydrogen) atoms. The first kappa shape index (κ1) is 15.5. The summed E-state index contributed by atoms with van der Waals surface area (Å²) in [6, 6.07) is 7.21. The average molecular weight is 297 g/mol. The highest BCUT2D eigenvalue weighted by atomic mass is 32.2. The van der Waals surface area contributed by atoms with Gasteiger partial charge >= 0.3 is 0 Å². The molecule has 1 saturated heterocycles. The van der Waals surface area contributed by atoms with Crippen LogP contribution >= 0.6 is 0 Å². The van der Waals surface area contributed by atoms with E-state index in [-0.39, 0.29) is 12.0 Å². The van der Waals surface area contributed by atoms with Crippen LogP contribution in [0.2, 0.25) is 0 Å². The Kier molecular flexibility index (Phi) is 4.83. The molecular weight excluding hydrogens is 274 g/mol. The predicted molar refractivity (Wildman–Crippen MR) is 79.7 cm³/mol. The van der Waals surface area contributed by atoms with Gasteiger partial charge < -0.3 is 10.1 Å². The molecule has 1 aromatic rings. The van der Waals surface area contributed by atoms with Gasteiger partial charge in [-0.15, -0.1) is 0 Å². The Morgan fingerprint density at radius 1 is 1.25 bits per heavy atom. The molecule has 1 N–H and O–H groups in total. The molecule has 0 spiro atoms. The van der Waals surface area contributed by atoms with Crippen molar-refractivity contribution in [3.8, 4) is 0 Å². The van der Waals surface area contributed by atoms with Crippen LogP contribution in [-0.4, -0.2) is 40.5 Å². The van der Waals surface area contributed by atoms with Gasteiger partial charge in [0.05, 0.1) is 17.6 Å². The summed E-state index contributed by atoms with van der Waals surface area (Å²) in [5.74, 6) is 0.709. The summed E-state index contributed by atoms with van der Waals surface area (Å²) < 4.78 is 28.9. The van der Waals surface area contributed by atoms with E-state index in [0.717, 1.165) is 25.3 Å². The van der Waals surface area contributed by atoms with Gasteiger partial charge in [0.1, 0.15) is 0 Å². The first-order chi connectivity index (χ1) is 9.39. The second kappa shape index (κ2) is 6.24. The number of ether oxygens (including phenoxy) is 1. The Morgan fingerprint density at radius 2 is 1.90 bits per heavy atom. The number of sulfone groups is 1. The highest BCUT2D eigenvalue weighted by molar-refractivity contribution is 7.90. The monoisotopic (exact) mass is 297 g/mol. The molecule has 1 heterocycles. The molecule has 0 aliphatic carbocycles. The summed E-state index contributed by atoms with van der Waals surface area (Å²) in [5, 5.41) is 3.35. The molecule has 1 aromatic carbocycles. The molecule has 0 radical (unpaired) electrons. The summed E-state index contributed by atoms with van der Waals surface area (Å²) >= 11 is 0. The molecule has 1 fully saturated rings. The van der Waals surface area contributed by atoms with E-state index in [1.807, 2.05) is 12.1 Å². The minimum absolute atomic E-state index is 0.146. The third-order valence-electron chi connectivity index (χ3n) is 3.77. The van der Waals surface area contributed by atoms with Gasteiger partial charge in [-0.1, -0.05) is 26.0 Å². The van der Waals surface area contributed by atoms with Crippen LogP contribution in [0.15, 0.2) is 29.2 Å². The number of hydrogen-bond acceptors (Lipinski definition) is 4. The molecular formula is C15H23NO3S. The number of morpholine rings is 1. The van der Waals surface area contributed by atoms with Crippen LogP contribution < -0.4 is 5.32 Å². The predicted octanol–water partition coefficient (Wildman–Crippen LogP) is 1.82. The van der Waals surface area contributed by atoms with Crippen LogP contribution in [0.4, 0.5) is 0 Å². The summed E-state index contributed by atoms with van der Waals surface area (Å²) in [4.78, 5) is 0.367. The number of rotatable bonds is 4. The van der Waals surface area contributed by atoms with Gasteiger partial charge in [0.2, 0.25) is 0 Å². The standard InChI is InChI=1S/C15H23NO3S/c1-11(2)15(14-10-16-8-9-19-14)12-4-6-13(7-5-12)20(3,17)18/h4-7,11,14-16H,8-10H2,1-3H3. The van der Waals surface area contributed by atoms with Crippen molar-refractivity contribution in [2.24, 2.45) is 5.92 Å². The first-order valence-corrected chi connectivity index (χ1v) is 8.91. The molecule has 1 aliphatic heterocycles. The van der Waals surface area contributed by atoms with Crippen molar-refractivity contribution in [3.05, 3.63) is 29.8 Å². The fraction of sp³-hybridized carbons (Fsp3) is 0.600. The van der Waals surface area contributed by atoms with Crippen molar-refractivity contribution in [2.45, 2.75) is 30.8 Å². The van der Waals surface area contributed by atoms with Crippen molar-refractivity contribution < 1.29 is 13.2 Å². The van der Waals surface area contributed by atoms with Crippen LogP contribution in [0.5, 0.6) is 0 Å². The van der Waals surface area contributed by atoms with Gasteiger partial charge in [-0.2, -0.15) is 0 Å². The van der Waals surface area contributed by atoms with Crippen LogP contribution in [-0.2, 0) is 14.6 Å². The van der Waals surface area contributed by atoms with Gasteiger partial charge in [0, 0.05) is 25.3 Å². The van der Waals surface area contributed by atoms with Crippen LogP contribution in [0.25, 0.3) is 0 Å². The summed E-state index contributed by atoms with van der Waals surface area (Å²) in [5.41, 5.74) is 1.14. The van der Waals surface area contributed by atoms with Crippen molar-refractivity contribution in [3.63, 3.8) is 0 Å². The fourth-order valence-electron chi connectivity index (χ4n) is 2.78. The van der Waals surface area contributed by atoms with E-state index >= 15 is 0 Å². The first-order valence-electron chi connectivity index (χ1n) is 7.02. The lowest BCUT2D eigenvalue weighted by Gasteiger charge is -2.33. The molecule has 5 heteroatoms. The number of hydrogen-bond donors (Lipinski definition) is 1. The lowest BCUT2D eigenvalue weighted by atomic mass is 9.83. The second-order valence-electron chi connectivity index (χ2n) is 5.72. The average Bonchev–Trinajstić information content (AvgIpc) is 2.39. The molecule has 0 bridgehead atoms. The normalized spacial score (nSPS) is 21.9. The Labute approximate surface area is 121 Å². The molecule has 0 amide bonds. The zero-order valence-electron chi connectivity index (χ0n) is 12.3. The lowest BCUT2D eigenvalue weighted by molar-refractivity contribution is 0.00141. The third kappa shape index (κ3) is 3.59. The smallest absolute Gasteiger partial charge is 0.175 e. The van der Waals surface area contributed by atoms with E-state index in [1.54, 1.807) is 12.1 Å². The van der Waals surface area contributed by atoms with Crippen molar-refractivity contribution in [1.82, 2.24) is 5.32 Å². The lowest BCUT2D eigenvalue weighted by Crippen LogP contribution is -2.43. The quantitative estimate of drug-likeness (QED) is 0.921. The third-order valence-corrected chi connectivity index (χ3v) is 4.90. The number of benzene rings is 1. The van der Waals surface area contributed by atoms with Gasteiger partial charge in [0.25, 0.3) is 0 Å². The van der Waals surface area contributed by atoms with E-state index in [4.69, 9.17) is 4.74 Å². The topological polar surface area (TPSA) is 55.4 Å². The van der Waals surface area contributed by atoms with E-state index < -0.39 is 9.84 Å². The van der Waals surface area contributed by atoms with Gasteiger partial charge in [-0.25, -0.2) is 8.42 Å². The zero-order valence-corrected chi connectivity index (χ0v) is 13.1. The highest BCUT2D eigenvalue weighted by Gasteiger charge is 2.28. The van der Waals surface area contributed by atoms with Crippen LogP contribution in [0.1, 0.15) is 25.3 Å². The Bertz CT molecular complexity index is 531. The molecule has 2 atom stereocenters. The SMILES string of the molecule is CC(C)C(c1ccc(S(C)(=O)=O)cc1)C1CNCCO1. The Balaban J connectivity index is 2.25. The molecule has 2 unspecified atom stereocenters. The van der Waals surface area contributed by atoms with E-state index in [1.165, 1.54) is 6.26 Å². The molecule has 0 aromatic heterocycles. The van der Waals surface area contributed by atoms with Crippen LogP contribution in [0.3, 0.4) is 0 Å². The van der Waals surface area contributed by atoms with Crippen LogP contribution in [0, 0.1) is 5.92 Å². The van der Waals surface area contributed by atoms with Crippen molar-refractivity contribution in [1.29, 1.82) is 0 Å². The maximum atomic E-state index is 11.5. The molecule has 0 saturated carbocycles. The molecule has 112 valence electrons. The second-order valence-corrected chi connectivity index (χ2v) is 7.74. The van der Waals surface area contributed by atoms with Gasteiger partial charge in [-0.05, 0) is 23.6 Å². The Morgan fingerprint density at radius 3 is 2.35 bits per heavy atom. The molecule has 4 nitrogen and oxygen atoms in total. The summed E-state index contributed by atoms with van der Waals surface area (Å²) in [6.07, 6.45) is 1.38.